The van der Waals surface area contributed by atoms with Crippen LogP contribution >= 0.6 is 11.6 Å². The summed E-state index contributed by atoms with van der Waals surface area (Å²) in [5, 5.41) is 10.6. The van der Waals surface area contributed by atoms with Gasteiger partial charge in [0.2, 0.25) is 6.10 Å². The Hall–Kier alpha value is -2.34. The van der Waals surface area contributed by atoms with E-state index >= 15 is 0 Å². The predicted molar refractivity (Wildman–Crippen MR) is 93.8 cm³/mol. The summed E-state index contributed by atoms with van der Waals surface area (Å²) in [7, 11) is 0. The van der Waals surface area contributed by atoms with Crippen LogP contribution in [0.5, 0.6) is 5.75 Å². The number of fused-ring (bicyclic) bond motifs is 1. The number of rotatable bonds is 8. The van der Waals surface area contributed by atoms with E-state index in [4.69, 9.17) is 21.1 Å². The highest BCUT2D eigenvalue weighted by Crippen LogP contribution is 2.31. The van der Waals surface area contributed by atoms with Gasteiger partial charge in [-0.3, -0.25) is 9.78 Å². The number of ether oxygens (including phenoxy) is 2. The van der Waals surface area contributed by atoms with Crippen LogP contribution < -0.4 is 4.74 Å². The predicted octanol–water partition coefficient (Wildman–Crippen LogP) is 3.70. The van der Waals surface area contributed by atoms with Crippen LogP contribution in [-0.2, 0) is 14.3 Å². The lowest BCUT2D eigenvalue weighted by Crippen LogP contribution is -2.38. The number of carbonyl (C=O) groups excluding carboxylic acids is 1. The highest BCUT2D eigenvalue weighted by Gasteiger charge is 2.34. The molecule has 0 fully saturated rings. The molecule has 1 heterocycles. The molecule has 1 aromatic heterocycles. The van der Waals surface area contributed by atoms with Gasteiger partial charge in [-0.1, -0.05) is 24.9 Å². The van der Waals surface area contributed by atoms with Gasteiger partial charge >= 0.3 is 11.9 Å². The molecule has 0 bridgehead atoms. The van der Waals surface area contributed by atoms with E-state index in [1.165, 1.54) is 6.92 Å². The maximum absolute atomic E-state index is 12.1. The molecule has 6 nitrogen and oxygen atoms in total. The summed E-state index contributed by atoms with van der Waals surface area (Å²) >= 11 is 6.13. The number of unbranched alkanes of at least 4 members (excludes halogenated alkanes) is 1. The summed E-state index contributed by atoms with van der Waals surface area (Å²) in [6, 6.07) is 6.63. The van der Waals surface area contributed by atoms with Crippen molar-refractivity contribution in [3.63, 3.8) is 0 Å². The van der Waals surface area contributed by atoms with Gasteiger partial charge < -0.3 is 14.6 Å². The number of carboxylic acid groups (broad SMARTS) is 1. The van der Waals surface area contributed by atoms with Crippen LogP contribution in [0.15, 0.2) is 30.5 Å². The number of nitrogens with zero attached hydrogens (tertiary/aromatic N) is 1. The van der Waals surface area contributed by atoms with Gasteiger partial charge in [-0.15, -0.1) is 0 Å². The maximum atomic E-state index is 12.1. The van der Waals surface area contributed by atoms with E-state index in [0.717, 1.165) is 12.8 Å². The highest BCUT2D eigenvalue weighted by molar-refractivity contribution is 6.35. The zero-order chi connectivity index (χ0) is 18.4. The molecule has 25 heavy (non-hydrogen) atoms. The Morgan fingerprint density at radius 3 is 2.76 bits per heavy atom. The Kier molecular flexibility index (Phi) is 6.58. The molecular formula is C18H20ClNO5. The van der Waals surface area contributed by atoms with E-state index in [1.807, 2.05) is 6.92 Å². The van der Waals surface area contributed by atoms with Gasteiger partial charge in [0.25, 0.3) is 0 Å². The Morgan fingerprint density at radius 1 is 1.32 bits per heavy atom. The normalized spacial score (nSPS) is 13.2. The summed E-state index contributed by atoms with van der Waals surface area (Å²) in [6.07, 6.45) is 1.77. The molecule has 2 atom stereocenters. The van der Waals surface area contributed by atoms with Crippen LogP contribution in [0.2, 0.25) is 5.02 Å². The quantitative estimate of drug-likeness (QED) is 0.567. The first kappa shape index (κ1) is 19.0. The average Bonchev–Trinajstić information content (AvgIpc) is 2.60. The van der Waals surface area contributed by atoms with Crippen LogP contribution in [0.3, 0.4) is 0 Å². The molecule has 0 aliphatic heterocycles. The summed E-state index contributed by atoms with van der Waals surface area (Å²) < 4.78 is 10.7. The first-order valence-corrected chi connectivity index (χ1v) is 8.42. The third kappa shape index (κ3) is 4.60. The van der Waals surface area contributed by atoms with Gasteiger partial charge in [0.15, 0.2) is 0 Å². The SMILES string of the molecule is CCCCOC(=O)C(C)C(Oc1ccc(Cl)c2cccnc12)C(=O)O. The smallest absolute Gasteiger partial charge is 0.345 e. The van der Waals surface area contributed by atoms with Gasteiger partial charge in [0.05, 0.1) is 11.6 Å². The maximum Gasteiger partial charge on any atom is 0.345 e. The molecule has 1 N–H and O–H groups in total. The molecule has 0 spiro atoms. The van der Waals surface area contributed by atoms with Gasteiger partial charge in [0, 0.05) is 11.6 Å². The Balaban J connectivity index is 2.24. The lowest BCUT2D eigenvalue weighted by Gasteiger charge is -2.21. The zero-order valence-electron chi connectivity index (χ0n) is 14.1. The largest absolute Gasteiger partial charge is 0.478 e. The molecule has 2 unspecified atom stereocenters. The van der Waals surface area contributed by atoms with E-state index in [-0.39, 0.29) is 12.4 Å². The van der Waals surface area contributed by atoms with Crippen molar-refractivity contribution in [3.05, 3.63) is 35.5 Å². The molecule has 0 saturated heterocycles. The zero-order valence-corrected chi connectivity index (χ0v) is 14.8. The first-order valence-electron chi connectivity index (χ1n) is 8.05. The first-order chi connectivity index (χ1) is 12.0. The summed E-state index contributed by atoms with van der Waals surface area (Å²) in [5.74, 6) is -2.57. The monoisotopic (exact) mass is 365 g/mol. The van der Waals surface area contributed by atoms with Crippen molar-refractivity contribution in [3.8, 4) is 5.75 Å². The Bertz CT molecular complexity index is 764. The number of pyridine rings is 1. The minimum atomic E-state index is -1.39. The second kappa shape index (κ2) is 8.67. The molecule has 0 aliphatic carbocycles. The summed E-state index contributed by atoms with van der Waals surface area (Å²) in [6.45, 7) is 3.70. The van der Waals surface area contributed by atoms with E-state index in [9.17, 15) is 14.7 Å². The van der Waals surface area contributed by atoms with E-state index in [1.54, 1.807) is 30.5 Å². The highest BCUT2D eigenvalue weighted by atomic mass is 35.5. The fourth-order valence-electron chi connectivity index (χ4n) is 2.28. The molecule has 0 saturated carbocycles. The summed E-state index contributed by atoms with van der Waals surface area (Å²) in [5.41, 5.74) is 0.438. The summed E-state index contributed by atoms with van der Waals surface area (Å²) in [4.78, 5) is 27.9. The molecule has 0 radical (unpaired) electrons. The Morgan fingerprint density at radius 2 is 2.08 bits per heavy atom. The van der Waals surface area contributed by atoms with Crippen molar-refractivity contribution in [2.45, 2.75) is 32.8 Å². The fourth-order valence-corrected chi connectivity index (χ4v) is 2.50. The molecule has 0 aliphatic rings. The third-order valence-electron chi connectivity index (χ3n) is 3.74. The van der Waals surface area contributed by atoms with Gasteiger partial charge in [-0.25, -0.2) is 4.79 Å². The van der Waals surface area contributed by atoms with E-state index in [2.05, 4.69) is 4.98 Å². The van der Waals surface area contributed by atoms with Crippen molar-refractivity contribution in [1.29, 1.82) is 0 Å². The minimum absolute atomic E-state index is 0.251. The molecule has 1 aromatic carbocycles. The third-order valence-corrected chi connectivity index (χ3v) is 4.07. The number of hydrogen-bond acceptors (Lipinski definition) is 5. The van der Waals surface area contributed by atoms with E-state index < -0.39 is 24.0 Å². The second-order valence-corrected chi connectivity index (χ2v) is 6.04. The van der Waals surface area contributed by atoms with Crippen LogP contribution in [0.25, 0.3) is 10.9 Å². The number of esters is 1. The number of hydrogen-bond donors (Lipinski definition) is 1. The van der Waals surface area contributed by atoms with Crippen molar-refractivity contribution in [2.24, 2.45) is 5.92 Å². The van der Waals surface area contributed by atoms with E-state index in [0.29, 0.717) is 15.9 Å². The number of aliphatic carboxylic acids is 1. The van der Waals surface area contributed by atoms with Gasteiger partial charge in [0.1, 0.15) is 17.2 Å². The lowest BCUT2D eigenvalue weighted by molar-refractivity contribution is -0.160. The molecule has 0 amide bonds. The molecule has 7 heteroatoms. The van der Waals surface area contributed by atoms with Gasteiger partial charge in [-0.2, -0.15) is 0 Å². The molecule has 2 aromatic rings. The number of benzene rings is 1. The van der Waals surface area contributed by atoms with Crippen molar-refractivity contribution < 1.29 is 24.2 Å². The lowest BCUT2D eigenvalue weighted by atomic mass is 10.1. The number of carbonyl (C=O) groups is 2. The average molecular weight is 366 g/mol. The van der Waals surface area contributed by atoms with Crippen LogP contribution in [-0.4, -0.2) is 34.7 Å². The number of halogens is 1. The van der Waals surface area contributed by atoms with Crippen LogP contribution in [0.4, 0.5) is 0 Å². The van der Waals surface area contributed by atoms with Crippen molar-refractivity contribution >= 4 is 34.4 Å². The minimum Gasteiger partial charge on any atom is -0.478 e. The molecule has 2 rings (SSSR count). The van der Waals surface area contributed by atoms with Crippen LogP contribution in [0, 0.1) is 5.92 Å². The standard InChI is InChI=1S/C18H20ClNO5/c1-3-4-10-24-18(23)11(2)16(17(21)22)25-14-8-7-13(19)12-6-5-9-20-15(12)14/h5-9,11,16H,3-4,10H2,1-2H3,(H,21,22). The molecule has 134 valence electrons. The van der Waals surface area contributed by atoms with Gasteiger partial charge in [-0.05, 0) is 37.6 Å². The number of carboxylic acids is 1. The van der Waals surface area contributed by atoms with Crippen LogP contribution in [0.1, 0.15) is 26.7 Å². The second-order valence-electron chi connectivity index (χ2n) is 5.63. The van der Waals surface area contributed by atoms with Crippen molar-refractivity contribution in [2.75, 3.05) is 6.61 Å². The molecular weight excluding hydrogens is 346 g/mol. The topological polar surface area (TPSA) is 85.7 Å². The van der Waals surface area contributed by atoms with Crippen molar-refractivity contribution in [1.82, 2.24) is 4.98 Å². The number of aromatic nitrogens is 1. The Labute approximate surface area is 150 Å². The fraction of sp³-hybridized carbons (Fsp3) is 0.389.